The third-order valence-electron chi connectivity index (χ3n) is 6.13. The normalized spacial score (nSPS) is 18.8. The summed E-state index contributed by atoms with van der Waals surface area (Å²) >= 11 is 0. The number of hydrogen-bond donors (Lipinski definition) is 1. The predicted molar refractivity (Wildman–Crippen MR) is 128 cm³/mol. The molecule has 0 aromatic heterocycles. The Morgan fingerprint density at radius 1 is 0.636 bits per heavy atom. The molecule has 4 aromatic carbocycles. The van der Waals surface area contributed by atoms with E-state index >= 15 is 0 Å². The first-order valence-corrected chi connectivity index (χ1v) is 11.3. The van der Waals surface area contributed by atoms with Gasteiger partial charge >= 0.3 is 0 Å². The minimum Gasteiger partial charge on any atom is -0.453 e. The van der Waals surface area contributed by atoms with Gasteiger partial charge in [0.1, 0.15) is 11.5 Å². The van der Waals surface area contributed by atoms with E-state index in [0.717, 1.165) is 65.1 Å². The molecule has 0 saturated carbocycles. The maximum absolute atomic E-state index is 6.47. The molecule has 2 N–H and O–H groups in total. The Morgan fingerprint density at radius 2 is 1.21 bits per heavy atom. The van der Waals surface area contributed by atoms with Gasteiger partial charge in [-0.25, -0.2) is 0 Å². The fraction of sp³-hybridized carbons (Fsp3) is 0.214. The van der Waals surface area contributed by atoms with Crippen LogP contribution in [-0.4, -0.2) is 25.4 Å². The highest BCUT2D eigenvalue weighted by Crippen LogP contribution is 2.40. The average Bonchev–Trinajstić information content (AvgIpc) is 3.76. The first kappa shape index (κ1) is 20.1. The quantitative estimate of drug-likeness (QED) is 0.274. The number of para-hydroxylation sites is 2. The Morgan fingerprint density at radius 3 is 1.94 bits per heavy atom. The molecule has 2 heterocycles. The van der Waals surface area contributed by atoms with Gasteiger partial charge in [0.05, 0.1) is 25.4 Å². The summed E-state index contributed by atoms with van der Waals surface area (Å²) in [6, 6.07) is 25.9. The van der Waals surface area contributed by atoms with E-state index in [9.17, 15) is 0 Å². The van der Waals surface area contributed by atoms with Crippen molar-refractivity contribution in [3.8, 4) is 23.0 Å². The van der Waals surface area contributed by atoms with E-state index in [1.807, 2.05) is 60.7 Å². The van der Waals surface area contributed by atoms with Crippen molar-refractivity contribution < 1.29 is 18.9 Å². The van der Waals surface area contributed by atoms with Gasteiger partial charge in [0.15, 0.2) is 11.5 Å². The number of fused-ring (bicyclic) bond motifs is 1. The van der Waals surface area contributed by atoms with E-state index in [0.29, 0.717) is 11.5 Å². The molecule has 4 aromatic rings. The molecule has 0 radical (unpaired) electrons. The van der Waals surface area contributed by atoms with Gasteiger partial charge in [-0.3, -0.25) is 0 Å². The number of nitrogen functional groups attached to an aromatic ring is 1. The molecular weight excluding hydrogens is 414 g/mol. The standard InChI is InChI=1S/C28H25NO4/c29-24-12-13-26(23(15-20-17-31-20)22(24)14-19-16-30-19)33-28-10-4-3-9-27(28)32-25-11-5-7-18-6-1-2-8-21(18)25/h1-13,19-20H,14-17,29H2. The van der Waals surface area contributed by atoms with E-state index in [1.165, 1.54) is 0 Å². The van der Waals surface area contributed by atoms with Crippen LogP contribution in [0.4, 0.5) is 5.69 Å². The van der Waals surface area contributed by atoms with Crippen molar-refractivity contribution >= 4 is 16.5 Å². The highest BCUT2D eigenvalue weighted by atomic mass is 16.6. The Labute approximate surface area is 192 Å². The lowest BCUT2D eigenvalue weighted by molar-refractivity contribution is 0.393. The Kier molecular flexibility index (Phi) is 5.13. The lowest BCUT2D eigenvalue weighted by Crippen LogP contribution is -2.08. The zero-order valence-corrected chi connectivity index (χ0v) is 18.2. The summed E-state index contributed by atoms with van der Waals surface area (Å²) in [4.78, 5) is 0. The van der Waals surface area contributed by atoms with Crippen molar-refractivity contribution in [2.24, 2.45) is 0 Å². The molecule has 2 unspecified atom stereocenters. The van der Waals surface area contributed by atoms with Crippen LogP contribution in [0, 0.1) is 0 Å². The highest BCUT2D eigenvalue weighted by Gasteiger charge is 2.30. The smallest absolute Gasteiger partial charge is 0.169 e. The van der Waals surface area contributed by atoms with Crippen molar-refractivity contribution in [1.29, 1.82) is 0 Å². The fourth-order valence-electron chi connectivity index (χ4n) is 4.22. The van der Waals surface area contributed by atoms with Gasteiger partial charge in [0.2, 0.25) is 0 Å². The van der Waals surface area contributed by atoms with E-state index in [-0.39, 0.29) is 12.2 Å². The lowest BCUT2D eigenvalue weighted by Gasteiger charge is -2.18. The SMILES string of the molecule is Nc1ccc(Oc2ccccc2Oc2cccc3ccccc23)c(CC2CO2)c1CC1CO1. The second-order valence-corrected chi connectivity index (χ2v) is 8.56. The van der Waals surface area contributed by atoms with Crippen molar-refractivity contribution in [3.63, 3.8) is 0 Å². The molecule has 5 heteroatoms. The fourth-order valence-corrected chi connectivity index (χ4v) is 4.22. The molecule has 2 fully saturated rings. The second-order valence-electron chi connectivity index (χ2n) is 8.56. The predicted octanol–water partition coefficient (Wildman–Crippen LogP) is 5.89. The van der Waals surface area contributed by atoms with Crippen LogP contribution in [0.5, 0.6) is 23.0 Å². The monoisotopic (exact) mass is 439 g/mol. The molecule has 0 spiro atoms. The van der Waals surface area contributed by atoms with Gasteiger partial charge in [-0.2, -0.15) is 0 Å². The molecule has 2 saturated heterocycles. The minimum absolute atomic E-state index is 0.218. The van der Waals surface area contributed by atoms with Gasteiger partial charge in [0.25, 0.3) is 0 Å². The van der Waals surface area contributed by atoms with Crippen LogP contribution in [0.1, 0.15) is 11.1 Å². The number of epoxide rings is 2. The van der Waals surface area contributed by atoms with Gasteiger partial charge in [-0.15, -0.1) is 0 Å². The summed E-state index contributed by atoms with van der Waals surface area (Å²) in [7, 11) is 0. The Bertz CT molecular complexity index is 1310. The molecule has 2 aliphatic rings. The van der Waals surface area contributed by atoms with E-state index in [1.54, 1.807) is 0 Å². The van der Waals surface area contributed by atoms with Crippen LogP contribution in [0.15, 0.2) is 78.9 Å². The minimum atomic E-state index is 0.218. The van der Waals surface area contributed by atoms with Crippen LogP contribution in [0.3, 0.4) is 0 Å². The molecule has 6 rings (SSSR count). The first-order valence-electron chi connectivity index (χ1n) is 11.3. The molecule has 2 atom stereocenters. The average molecular weight is 440 g/mol. The number of hydrogen-bond acceptors (Lipinski definition) is 5. The van der Waals surface area contributed by atoms with Gasteiger partial charge < -0.3 is 24.7 Å². The van der Waals surface area contributed by atoms with Crippen LogP contribution < -0.4 is 15.2 Å². The van der Waals surface area contributed by atoms with Crippen LogP contribution in [0.25, 0.3) is 10.8 Å². The summed E-state index contributed by atoms with van der Waals surface area (Å²) in [6.45, 7) is 1.56. The molecule has 0 amide bonds. The number of nitrogens with two attached hydrogens (primary N) is 1. The molecule has 2 aliphatic heterocycles. The lowest BCUT2D eigenvalue weighted by atomic mass is 9.96. The summed E-state index contributed by atoms with van der Waals surface area (Å²) in [5.74, 6) is 2.89. The zero-order chi connectivity index (χ0) is 22.2. The van der Waals surface area contributed by atoms with E-state index in [2.05, 4.69) is 18.2 Å². The molecule has 5 nitrogen and oxygen atoms in total. The van der Waals surface area contributed by atoms with Crippen molar-refractivity contribution in [2.75, 3.05) is 18.9 Å². The summed E-state index contributed by atoms with van der Waals surface area (Å²) in [5.41, 5.74) is 9.32. The highest BCUT2D eigenvalue weighted by molar-refractivity contribution is 5.88. The van der Waals surface area contributed by atoms with E-state index in [4.69, 9.17) is 24.7 Å². The summed E-state index contributed by atoms with van der Waals surface area (Å²) < 4.78 is 23.8. The molecule has 0 bridgehead atoms. The molecule has 166 valence electrons. The summed E-state index contributed by atoms with van der Waals surface area (Å²) in [5, 5.41) is 2.19. The van der Waals surface area contributed by atoms with Gasteiger partial charge in [-0.1, -0.05) is 48.5 Å². The number of ether oxygens (including phenoxy) is 4. The van der Waals surface area contributed by atoms with Crippen LogP contribution in [0.2, 0.25) is 0 Å². The maximum Gasteiger partial charge on any atom is 0.169 e. The number of rotatable bonds is 8. The van der Waals surface area contributed by atoms with Crippen LogP contribution in [-0.2, 0) is 22.3 Å². The topological polar surface area (TPSA) is 69.5 Å². The molecule has 33 heavy (non-hydrogen) atoms. The first-order chi connectivity index (χ1) is 16.2. The summed E-state index contributed by atoms with van der Waals surface area (Å²) in [6.07, 6.45) is 2.02. The maximum atomic E-state index is 6.47. The van der Waals surface area contributed by atoms with E-state index < -0.39 is 0 Å². The Balaban J connectivity index is 1.35. The largest absolute Gasteiger partial charge is 0.453 e. The third kappa shape index (κ3) is 4.38. The van der Waals surface area contributed by atoms with Gasteiger partial charge in [-0.05, 0) is 41.3 Å². The van der Waals surface area contributed by atoms with Crippen molar-refractivity contribution in [3.05, 3.63) is 90.0 Å². The van der Waals surface area contributed by atoms with Crippen LogP contribution >= 0.6 is 0 Å². The van der Waals surface area contributed by atoms with Gasteiger partial charge in [0, 0.05) is 29.5 Å². The van der Waals surface area contributed by atoms with Crippen molar-refractivity contribution in [2.45, 2.75) is 25.0 Å². The molecule has 0 aliphatic carbocycles. The number of anilines is 1. The molecular formula is C28H25NO4. The second kappa shape index (κ2) is 8.43. The Hall–Kier alpha value is -3.54. The van der Waals surface area contributed by atoms with Crippen molar-refractivity contribution in [1.82, 2.24) is 0 Å². The zero-order valence-electron chi connectivity index (χ0n) is 18.2. The number of benzene rings is 4. The third-order valence-corrected chi connectivity index (χ3v) is 6.13.